The fourth-order valence-electron chi connectivity index (χ4n) is 3.76. The molecular formula is C23H25N3O2. The van der Waals surface area contributed by atoms with Crippen LogP contribution in [-0.4, -0.2) is 33.9 Å². The first-order valence-electron chi connectivity index (χ1n) is 9.85. The van der Waals surface area contributed by atoms with E-state index >= 15 is 0 Å². The Balaban J connectivity index is 1.57. The summed E-state index contributed by atoms with van der Waals surface area (Å²) in [4.78, 5) is 23.9. The maximum Gasteiger partial charge on any atom is 0.255 e. The van der Waals surface area contributed by atoms with Crippen LogP contribution in [0.5, 0.6) is 0 Å². The number of nitrogens with zero attached hydrogens (tertiary/aromatic N) is 3. The van der Waals surface area contributed by atoms with Gasteiger partial charge in [-0.25, -0.2) is 4.98 Å². The van der Waals surface area contributed by atoms with Gasteiger partial charge in [-0.15, -0.1) is 0 Å². The van der Waals surface area contributed by atoms with E-state index in [2.05, 4.69) is 42.2 Å². The molecule has 0 radical (unpaired) electrons. The van der Waals surface area contributed by atoms with Crippen molar-refractivity contribution in [2.24, 2.45) is 0 Å². The fraction of sp³-hybridized carbons (Fsp3) is 0.348. The van der Waals surface area contributed by atoms with Crippen molar-refractivity contribution in [3.63, 3.8) is 0 Å². The van der Waals surface area contributed by atoms with Crippen molar-refractivity contribution >= 4 is 5.91 Å². The Hall–Kier alpha value is -2.95. The van der Waals surface area contributed by atoms with Crippen LogP contribution in [0, 0.1) is 13.8 Å². The lowest BCUT2D eigenvalue weighted by atomic mass is 9.96. The molecule has 0 spiro atoms. The fourth-order valence-corrected chi connectivity index (χ4v) is 3.76. The molecule has 0 unspecified atom stereocenters. The maximum absolute atomic E-state index is 12.8. The number of rotatable bonds is 5. The van der Waals surface area contributed by atoms with E-state index in [-0.39, 0.29) is 5.91 Å². The highest BCUT2D eigenvalue weighted by Gasteiger charge is 2.25. The molecule has 5 nitrogen and oxygen atoms in total. The van der Waals surface area contributed by atoms with E-state index in [0.29, 0.717) is 5.89 Å². The quantitative estimate of drug-likeness (QED) is 0.665. The second kappa shape index (κ2) is 7.58. The number of fused-ring (bicyclic) bond motifs is 1. The van der Waals surface area contributed by atoms with Gasteiger partial charge in [0.25, 0.3) is 5.91 Å². The zero-order valence-electron chi connectivity index (χ0n) is 16.7. The zero-order chi connectivity index (χ0) is 19.7. The molecule has 0 aliphatic carbocycles. The Morgan fingerprint density at radius 2 is 1.93 bits per heavy atom. The molecule has 0 atom stereocenters. The smallest absolute Gasteiger partial charge is 0.255 e. The summed E-state index contributed by atoms with van der Waals surface area (Å²) in [5.74, 6) is 0.783. The highest BCUT2D eigenvalue weighted by Crippen LogP contribution is 2.24. The van der Waals surface area contributed by atoms with Crippen molar-refractivity contribution < 1.29 is 9.21 Å². The standard InChI is InChI=1S/C23H25N3O2/c1-4-10-26-11-9-21-20(23(26)27)13-19(15(2)24-21)12-17-5-7-18(8-6-17)22-14-28-16(3)25-22/h5-8,13-14H,4,9-12H2,1-3H3. The highest BCUT2D eigenvalue weighted by atomic mass is 16.3. The summed E-state index contributed by atoms with van der Waals surface area (Å²) in [6.45, 7) is 7.56. The van der Waals surface area contributed by atoms with Gasteiger partial charge in [0.15, 0.2) is 5.89 Å². The molecule has 144 valence electrons. The maximum atomic E-state index is 12.8. The molecular weight excluding hydrogens is 350 g/mol. The van der Waals surface area contributed by atoms with Crippen LogP contribution in [0.4, 0.5) is 0 Å². The Kier molecular flexibility index (Phi) is 4.99. The summed E-state index contributed by atoms with van der Waals surface area (Å²) in [5, 5.41) is 0. The average Bonchev–Trinajstić information content (AvgIpc) is 3.12. The van der Waals surface area contributed by atoms with E-state index in [1.807, 2.05) is 18.7 Å². The van der Waals surface area contributed by atoms with Gasteiger partial charge in [-0.1, -0.05) is 31.2 Å². The normalized spacial score (nSPS) is 13.7. The van der Waals surface area contributed by atoms with Crippen molar-refractivity contribution in [1.29, 1.82) is 0 Å². The third-order valence-corrected chi connectivity index (χ3v) is 5.29. The number of benzene rings is 1. The zero-order valence-corrected chi connectivity index (χ0v) is 16.7. The largest absolute Gasteiger partial charge is 0.449 e. The second-order valence-corrected chi connectivity index (χ2v) is 7.39. The summed E-state index contributed by atoms with van der Waals surface area (Å²) in [6, 6.07) is 10.4. The van der Waals surface area contributed by atoms with Gasteiger partial charge >= 0.3 is 0 Å². The van der Waals surface area contributed by atoms with E-state index in [0.717, 1.165) is 66.1 Å². The van der Waals surface area contributed by atoms with Gasteiger partial charge in [-0.2, -0.15) is 0 Å². The van der Waals surface area contributed by atoms with E-state index in [1.165, 1.54) is 5.56 Å². The molecule has 5 heteroatoms. The number of hydrogen-bond acceptors (Lipinski definition) is 4. The Morgan fingerprint density at radius 1 is 1.14 bits per heavy atom. The lowest BCUT2D eigenvalue weighted by Gasteiger charge is -2.28. The first kappa shape index (κ1) is 18.4. The van der Waals surface area contributed by atoms with E-state index < -0.39 is 0 Å². The van der Waals surface area contributed by atoms with E-state index in [9.17, 15) is 4.79 Å². The minimum Gasteiger partial charge on any atom is -0.449 e. The number of pyridine rings is 1. The van der Waals surface area contributed by atoms with Crippen molar-refractivity contribution in [1.82, 2.24) is 14.9 Å². The third-order valence-electron chi connectivity index (χ3n) is 5.29. The van der Waals surface area contributed by atoms with Crippen molar-refractivity contribution in [2.75, 3.05) is 13.1 Å². The number of aryl methyl sites for hydroxylation is 2. The molecule has 1 aliphatic rings. The number of carbonyl (C=O) groups is 1. The topological polar surface area (TPSA) is 59.2 Å². The van der Waals surface area contributed by atoms with Crippen LogP contribution in [0.15, 0.2) is 41.0 Å². The SMILES string of the molecule is CCCN1CCc2nc(C)c(Cc3ccc(-c4coc(C)n4)cc3)cc2C1=O. The monoisotopic (exact) mass is 375 g/mol. The van der Waals surface area contributed by atoms with Crippen LogP contribution >= 0.6 is 0 Å². The summed E-state index contributed by atoms with van der Waals surface area (Å²) in [6.07, 6.45) is 4.25. The predicted octanol–water partition coefficient (Wildman–Crippen LogP) is 4.35. The van der Waals surface area contributed by atoms with Gasteiger partial charge in [-0.3, -0.25) is 9.78 Å². The predicted molar refractivity (Wildman–Crippen MR) is 108 cm³/mol. The summed E-state index contributed by atoms with van der Waals surface area (Å²) >= 11 is 0. The molecule has 0 saturated carbocycles. The van der Waals surface area contributed by atoms with Crippen LogP contribution in [0.3, 0.4) is 0 Å². The second-order valence-electron chi connectivity index (χ2n) is 7.39. The lowest BCUT2D eigenvalue weighted by Crippen LogP contribution is -2.38. The Labute approximate surface area is 165 Å². The number of carbonyl (C=O) groups excluding carboxylic acids is 1. The van der Waals surface area contributed by atoms with Gasteiger partial charge < -0.3 is 9.32 Å². The molecule has 2 aromatic heterocycles. The van der Waals surface area contributed by atoms with Crippen LogP contribution < -0.4 is 0 Å². The van der Waals surface area contributed by atoms with E-state index in [4.69, 9.17) is 9.40 Å². The van der Waals surface area contributed by atoms with Gasteiger partial charge in [0.05, 0.1) is 11.3 Å². The first-order valence-corrected chi connectivity index (χ1v) is 9.85. The number of aromatic nitrogens is 2. The molecule has 0 N–H and O–H groups in total. The van der Waals surface area contributed by atoms with Crippen molar-refractivity contribution in [3.05, 3.63) is 70.6 Å². The molecule has 1 aromatic carbocycles. The summed E-state index contributed by atoms with van der Waals surface area (Å²) < 4.78 is 5.29. The average molecular weight is 375 g/mol. The van der Waals surface area contributed by atoms with Gasteiger partial charge in [0.1, 0.15) is 12.0 Å². The van der Waals surface area contributed by atoms with Crippen LogP contribution in [0.1, 0.15) is 52.1 Å². The number of hydrogen-bond donors (Lipinski definition) is 0. The number of oxazole rings is 1. The molecule has 3 heterocycles. The molecule has 0 fully saturated rings. The Bertz CT molecular complexity index is 1010. The molecule has 1 aliphatic heterocycles. The van der Waals surface area contributed by atoms with E-state index in [1.54, 1.807) is 6.26 Å². The molecule has 28 heavy (non-hydrogen) atoms. The van der Waals surface area contributed by atoms with Gasteiger partial charge in [0.2, 0.25) is 0 Å². The molecule has 0 bridgehead atoms. The van der Waals surface area contributed by atoms with Gasteiger partial charge in [0, 0.05) is 37.7 Å². The van der Waals surface area contributed by atoms with Crippen LogP contribution in [0.2, 0.25) is 0 Å². The molecule has 4 rings (SSSR count). The number of amides is 1. The summed E-state index contributed by atoms with van der Waals surface area (Å²) in [5.41, 5.74) is 6.89. The van der Waals surface area contributed by atoms with Crippen molar-refractivity contribution in [2.45, 2.75) is 40.0 Å². The molecule has 1 amide bonds. The molecule has 3 aromatic rings. The van der Waals surface area contributed by atoms with Crippen LogP contribution in [-0.2, 0) is 12.8 Å². The third kappa shape index (κ3) is 3.57. The first-order chi connectivity index (χ1) is 13.5. The lowest BCUT2D eigenvalue weighted by molar-refractivity contribution is 0.0738. The minimum atomic E-state index is 0.119. The minimum absolute atomic E-state index is 0.119. The van der Waals surface area contributed by atoms with Crippen LogP contribution in [0.25, 0.3) is 11.3 Å². The molecule has 0 saturated heterocycles. The van der Waals surface area contributed by atoms with Gasteiger partial charge in [-0.05, 0) is 37.0 Å². The summed E-state index contributed by atoms with van der Waals surface area (Å²) in [7, 11) is 0. The Morgan fingerprint density at radius 3 is 2.61 bits per heavy atom. The van der Waals surface area contributed by atoms with Crippen molar-refractivity contribution in [3.8, 4) is 11.3 Å². The highest BCUT2D eigenvalue weighted by molar-refractivity contribution is 5.96.